The first kappa shape index (κ1) is 13.3. The molecule has 2 nitrogen and oxygen atoms in total. The molecule has 0 heterocycles. The zero-order valence-electron chi connectivity index (χ0n) is 10.1. The van der Waals surface area contributed by atoms with E-state index in [9.17, 15) is 18.3 Å². The van der Waals surface area contributed by atoms with Crippen LogP contribution in [0.1, 0.15) is 18.5 Å². The van der Waals surface area contributed by atoms with Crippen molar-refractivity contribution in [2.45, 2.75) is 13.0 Å². The highest BCUT2D eigenvalue weighted by Gasteiger charge is 2.12. The summed E-state index contributed by atoms with van der Waals surface area (Å²) in [5.74, 6) is -3.88. The number of aromatic hydroxyl groups is 1. The van der Waals surface area contributed by atoms with Crippen molar-refractivity contribution >= 4 is 5.69 Å². The van der Waals surface area contributed by atoms with Gasteiger partial charge in [-0.1, -0.05) is 12.1 Å². The van der Waals surface area contributed by atoms with Crippen LogP contribution in [-0.2, 0) is 0 Å². The quantitative estimate of drug-likeness (QED) is 0.824. The number of rotatable bonds is 3. The Morgan fingerprint density at radius 1 is 1.05 bits per heavy atom. The smallest absolute Gasteiger partial charge is 0.194 e. The number of phenolic OH excluding ortho intramolecular Hbond substituents is 1. The minimum Gasteiger partial charge on any atom is -0.508 e. The van der Waals surface area contributed by atoms with Crippen molar-refractivity contribution in [1.82, 2.24) is 0 Å². The maximum absolute atomic E-state index is 13.1. The van der Waals surface area contributed by atoms with Crippen LogP contribution in [0.4, 0.5) is 18.9 Å². The van der Waals surface area contributed by atoms with Crippen molar-refractivity contribution in [3.8, 4) is 5.75 Å². The molecule has 0 saturated heterocycles. The molecule has 100 valence electrons. The van der Waals surface area contributed by atoms with E-state index in [2.05, 4.69) is 5.32 Å². The highest BCUT2D eigenvalue weighted by molar-refractivity contribution is 5.46. The third-order valence-corrected chi connectivity index (χ3v) is 2.74. The number of halogens is 3. The number of benzene rings is 2. The lowest BCUT2D eigenvalue weighted by Gasteiger charge is -2.16. The van der Waals surface area contributed by atoms with E-state index in [0.717, 1.165) is 17.7 Å². The molecule has 0 bridgehead atoms. The zero-order valence-corrected chi connectivity index (χ0v) is 10.1. The third kappa shape index (κ3) is 2.99. The molecule has 0 saturated carbocycles. The van der Waals surface area contributed by atoms with Gasteiger partial charge in [0.2, 0.25) is 0 Å². The van der Waals surface area contributed by atoms with Gasteiger partial charge >= 0.3 is 0 Å². The summed E-state index contributed by atoms with van der Waals surface area (Å²) in [5.41, 5.74) is 0.873. The zero-order chi connectivity index (χ0) is 14.0. The van der Waals surface area contributed by atoms with Crippen molar-refractivity contribution in [2.24, 2.45) is 0 Å². The first-order valence-corrected chi connectivity index (χ1v) is 5.67. The summed E-state index contributed by atoms with van der Waals surface area (Å²) in [7, 11) is 0. The first-order valence-electron chi connectivity index (χ1n) is 5.67. The van der Waals surface area contributed by atoms with Gasteiger partial charge in [-0.15, -0.1) is 0 Å². The second kappa shape index (κ2) is 5.22. The van der Waals surface area contributed by atoms with E-state index in [4.69, 9.17) is 0 Å². The van der Waals surface area contributed by atoms with Crippen LogP contribution in [0, 0.1) is 17.5 Å². The SMILES string of the molecule is CC(Nc1cc(F)c(F)c(F)c1)c1cccc(O)c1. The van der Waals surface area contributed by atoms with Gasteiger partial charge in [0.05, 0.1) is 0 Å². The molecule has 2 N–H and O–H groups in total. The molecular formula is C14H12F3NO. The Kier molecular flexibility index (Phi) is 3.64. The van der Waals surface area contributed by atoms with E-state index in [1.807, 2.05) is 0 Å². The molecule has 0 amide bonds. The normalized spacial score (nSPS) is 12.2. The number of hydrogen-bond donors (Lipinski definition) is 2. The van der Waals surface area contributed by atoms with Crippen molar-refractivity contribution in [3.05, 3.63) is 59.4 Å². The monoisotopic (exact) mass is 267 g/mol. The standard InChI is InChI=1S/C14H12F3NO/c1-8(9-3-2-4-11(19)5-9)18-10-6-12(15)14(17)13(16)7-10/h2-8,18-19H,1H3. The molecule has 0 aliphatic carbocycles. The predicted octanol–water partition coefficient (Wildman–Crippen LogP) is 3.98. The third-order valence-electron chi connectivity index (χ3n) is 2.74. The summed E-state index contributed by atoms with van der Waals surface area (Å²) in [6.07, 6.45) is 0. The molecule has 1 unspecified atom stereocenters. The fourth-order valence-electron chi connectivity index (χ4n) is 1.77. The molecule has 0 fully saturated rings. The molecule has 0 radical (unpaired) electrons. The maximum atomic E-state index is 13.1. The largest absolute Gasteiger partial charge is 0.508 e. The Morgan fingerprint density at radius 2 is 1.68 bits per heavy atom. The van der Waals surface area contributed by atoms with E-state index in [1.54, 1.807) is 19.1 Å². The van der Waals surface area contributed by atoms with Gasteiger partial charge in [-0.2, -0.15) is 0 Å². The lowest BCUT2D eigenvalue weighted by molar-refractivity contribution is 0.447. The molecule has 0 spiro atoms. The van der Waals surface area contributed by atoms with Gasteiger partial charge in [0.15, 0.2) is 17.5 Å². The maximum Gasteiger partial charge on any atom is 0.194 e. The Bertz CT molecular complexity index is 578. The van der Waals surface area contributed by atoms with Crippen LogP contribution in [0.25, 0.3) is 0 Å². The first-order chi connectivity index (χ1) is 8.97. The molecule has 0 aliphatic rings. The van der Waals surface area contributed by atoms with Crippen LogP contribution in [-0.4, -0.2) is 5.11 Å². The number of phenols is 1. The summed E-state index contributed by atoms with van der Waals surface area (Å²) in [5, 5.41) is 12.2. The van der Waals surface area contributed by atoms with Crippen LogP contribution < -0.4 is 5.32 Å². The van der Waals surface area contributed by atoms with Crippen LogP contribution in [0.3, 0.4) is 0 Å². The van der Waals surface area contributed by atoms with Crippen LogP contribution in [0.2, 0.25) is 0 Å². The Morgan fingerprint density at radius 3 is 2.26 bits per heavy atom. The minimum absolute atomic E-state index is 0.0996. The van der Waals surface area contributed by atoms with E-state index < -0.39 is 17.5 Å². The molecular weight excluding hydrogens is 255 g/mol. The molecule has 0 aromatic heterocycles. The summed E-state index contributed by atoms with van der Waals surface area (Å²) >= 11 is 0. The topological polar surface area (TPSA) is 32.3 Å². The summed E-state index contributed by atoms with van der Waals surface area (Å²) in [4.78, 5) is 0. The molecule has 2 rings (SSSR count). The summed E-state index contributed by atoms with van der Waals surface area (Å²) in [6, 6.07) is 7.95. The van der Waals surface area contributed by atoms with Gasteiger partial charge in [0.25, 0.3) is 0 Å². The lowest BCUT2D eigenvalue weighted by atomic mass is 10.1. The van der Waals surface area contributed by atoms with Crippen molar-refractivity contribution < 1.29 is 18.3 Å². The van der Waals surface area contributed by atoms with E-state index in [1.165, 1.54) is 12.1 Å². The molecule has 1 atom stereocenters. The molecule has 19 heavy (non-hydrogen) atoms. The Balaban J connectivity index is 2.21. The van der Waals surface area contributed by atoms with Gasteiger partial charge in [0, 0.05) is 23.9 Å². The summed E-state index contributed by atoms with van der Waals surface area (Å²) in [6.45, 7) is 1.76. The van der Waals surface area contributed by atoms with Gasteiger partial charge in [-0.05, 0) is 24.6 Å². The highest BCUT2D eigenvalue weighted by atomic mass is 19.2. The molecule has 2 aromatic carbocycles. The highest BCUT2D eigenvalue weighted by Crippen LogP contribution is 2.24. The van der Waals surface area contributed by atoms with Crippen molar-refractivity contribution in [3.63, 3.8) is 0 Å². The number of anilines is 1. The van der Waals surface area contributed by atoms with Crippen LogP contribution in [0.5, 0.6) is 5.75 Å². The van der Waals surface area contributed by atoms with E-state index in [0.29, 0.717) is 0 Å². The predicted molar refractivity (Wildman–Crippen MR) is 66.5 cm³/mol. The average molecular weight is 267 g/mol. The number of hydrogen-bond acceptors (Lipinski definition) is 2. The average Bonchev–Trinajstić information content (AvgIpc) is 2.36. The minimum atomic E-state index is -1.49. The fourth-order valence-corrected chi connectivity index (χ4v) is 1.77. The Labute approximate surface area is 108 Å². The number of nitrogens with one attached hydrogen (secondary N) is 1. The lowest BCUT2D eigenvalue weighted by Crippen LogP contribution is -2.07. The molecule has 0 aliphatic heterocycles. The van der Waals surface area contributed by atoms with Crippen LogP contribution >= 0.6 is 0 Å². The van der Waals surface area contributed by atoms with Gasteiger partial charge in [-0.25, -0.2) is 13.2 Å². The van der Waals surface area contributed by atoms with Gasteiger partial charge < -0.3 is 10.4 Å². The molecule has 5 heteroatoms. The van der Waals surface area contributed by atoms with E-state index >= 15 is 0 Å². The van der Waals surface area contributed by atoms with E-state index in [-0.39, 0.29) is 17.5 Å². The summed E-state index contributed by atoms with van der Waals surface area (Å²) < 4.78 is 38.9. The van der Waals surface area contributed by atoms with Crippen molar-refractivity contribution in [1.29, 1.82) is 0 Å². The second-order valence-electron chi connectivity index (χ2n) is 4.21. The van der Waals surface area contributed by atoms with Gasteiger partial charge in [-0.3, -0.25) is 0 Å². The van der Waals surface area contributed by atoms with Crippen LogP contribution in [0.15, 0.2) is 36.4 Å². The Hall–Kier alpha value is -2.17. The second-order valence-corrected chi connectivity index (χ2v) is 4.21. The fraction of sp³-hybridized carbons (Fsp3) is 0.143. The van der Waals surface area contributed by atoms with Gasteiger partial charge in [0.1, 0.15) is 5.75 Å². The molecule has 2 aromatic rings. The van der Waals surface area contributed by atoms with Crippen molar-refractivity contribution in [2.75, 3.05) is 5.32 Å².